The van der Waals surface area contributed by atoms with Crippen molar-refractivity contribution in [3.8, 4) is 0 Å². The number of sulfonamides is 1. The molecule has 0 aromatic heterocycles. The van der Waals surface area contributed by atoms with Crippen LogP contribution in [0.1, 0.15) is 52.9 Å². The Morgan fingerprint density at radius 3 is 2.36 bits per heavy atom. The lowest BCUT2D eigenvalue weighted by Crippen LogP contribution is -2.49. The van der Waals surface area contributed by atoms with Crippen molar-refractivity contribution in [3.05, 3.63) is 0 Å². The number of Topliss-reactive ketones (excluding diaryl/α,β-unsaturated/α-hetero) is 1. The predicted molar refractivity (Wildman–Crippen MR) is 96.4 cm³/mol. The van der Waals surface area contributed by atoms with Crippen molar-refractivity contribution in [1.29, 1.82) is 0 Å². The number of hydrogen-bond donors (Lipinski definition) is 0. The molecule has 0 spiro atoms. The van der Waals surface area contributed by atoms with Crippen LogP contribution in [-0.2, 0) is 24.7 Å². The Labute approximate surface area is 151 Å². The van der Waals surface area contributed by atoms with Crippen LogP contribution in [0, 0.1) is 16.7 Å². The first-order valence-electron chi connectivity index (χ1n) is 9.18. The van der Waals surface area contributed by atoms with Gasteiger partial charge in [-0.2, -0.15) is 4.31 Å². The van der Waals surface area contributed by atoms with Crippen molar-refractivity contribution < 1.29 is 21.6 Å². The molecule has 2 saturated carbocycles. The van der Waals surface area contributed by atoms with Crippen molar-refractivity contribution in [2.45, 2.75) is 58.9 Å². The Hall–Kier alpha value is -0.470. The molecule has 1 heterocycles. The zero-order chi connectivity index (χ0) is 18.7. The monoisotopic (exact) mass is 391 g/mol. The van der Waals surface area contributed by atoms with Crippen LogP contribution in [0.5, 0.6) is 0 Å². The van der Waals surface area contributed by atoms with Gasteiger partial charge in [0.1, 0.15) is 5.78 Å². The van der Waals surface area contributed by atoms with Gasteiger partial charge in [0.15, 0.2) is 9.84 Å². The highest BCUT2D eigenvalue weighted by Gasteiger charge is 2.65. The molecular formula is C17H29NO5S2. The lowest BCUT2D eigenvalue weighted by atomic mass is 9.70. The first kappa shape index (κ1) is 19.3. The summed E-state index contributed by atoms with van der Waals surface area (Å²) in [7, 11) is -6.87. The lowest BCUT2D eigenvalue weighted by Gasteiger charge is -2.38. The van der Waals surface area contributed by atoms with Crippen molar-refractivity contribution in [1.82, 2.24) is 4.31 Å². The van der Waals surface area contributed by atoms with Gasteiger partial charge in [-0.3, -0.25) is 4.79 Å². The zero-order valence-electron chi connectivity index (χ0n) is 15.3. The summed E-state index contributed by atoms with van der Waals surface area (Å²) in [5.41, 5.74) is -1.11. The molecule has 3 aliphatic rings. The molecule has 0 N–H and O–H groups in total. The van der Waals surface area contributed by atoms with Crippen molar-refractivity contribution >= 4 is 25.6 Å². The summed E-state index contributed by atoms with van der Waals surface area (Å²) in [6.07, 6.45) is 3.00. The number of hydrogen-bond acceptors (Lipinski definition) is 5. The van der Waals surface area contributed by atoms with E-state index in [0.29, 0.717) is 32.2 Å². The smallest absolute Gasteiger partial charge is 0.215 e. The molecule has 1 saturated heterocycles. The van der Waals surface area contributed by atoms with Gasteiger partial charge in [-0.15, -0.1) is 0 Å². The molecule has 144 valence electrons. The summed E-state index contributed by atoms with van der Waals surface area (Å²) in [5.74, 6) is 0.123. The summed E-state index contributed by atoms with van der Waals surface area (Å²) in [6.45, 7) is 6.25. The number of nitrogens with zero attached hydrogens (tertiary/aromatic N) is 1. The van der Waals surface area contributed by atoms with Crippen molar-refractivity contribution in [2.24, 2.45) is 16.7 Å². The molecule has 0 radical (unpaired) electrons. The molecule has 3 fully saturated rings. The topological polar surface area (TPSA) is 88.6 Å². The molecule has 2 aliphatic carbocycles. The molecule has 8 heteroatoms. The Morgan fingerprint density at radius 2 is 1.92 bits per heavy atom. The predicted octanol–water partition coefficient (Wildman–Crippen LogP) is 1.61. The molecule has 0 aromatic rings. The largest absolute Gasteiger partial charge is 0.299 e. The average Bonchev–Trinajstić information content (AvgIpc) is 3.01. The minimum atomic E-state index is -3.70. The van der Waals surface area contributed by atoms with Crippen molar-refractivity contribution in [2.75, 3.05) is 23.8 Å². The number of sulfone groups is 1. The fourth-order valence-corrected chi connectivity index (χ4v) is 9.66. The number of fused-ring (bicyclic) bond motifs is 2. The van der Waals surface area contributed by atoms with Gasteiger partial charge in [-0.1, -0.05) is 20.8 Å². The maximum atomic E-state index is 13.3. The molecule has 0 aromatic carbocycles. The van der Waals surface area contributed by atoms with E-state index >= 15 is 0 Å². The van der Waals surface area contributed by atoms with Gasteiger partial charge in [-0.25, -0.2) is 16.8 Å². The van der Waals surface area contributed by atoms with E-state index in [9.17, 15) is 21.6 Å². The fourth-order valence-electron chi connectivity index (χ4n) is 5.27. The van der Waals surface area contributed by atoms with Gasteiger partial charge < -0.3 is 0 Å². The molecule has 3 unspecified atom stereocenters. The van der Waals surface area contributed by atoms with Crippen LogP contribution in [0.25, 0.3) is 0 Å². The maximum Gasteiger partial charge on any atom is 0.215 e. The van der Waals surface area contributed by atoms with Crippen LogP contribution in [0.2, 0.25) is 0 Å². The van der Waals surface area contributed by atoms with Gasteiger partial charge in [0.2, 0.25) is 10.0 Å². The Morgan fingerprint density at radius 1 is 1.24 bits per heavy atom. The lowest BCUT2D eigenvalue weighted by molar-refractivity contribution is -0.128. The number of rotatable bonds is 6. The van der Waals surface area contributed by atoms with E-state index in [1.165, 1.54) is 4.31 Å². The van der Waals surface area contributed by atoms with E-state index in [1.54, 1.807) is 0 Å². The Balaban J connectivity index is 1.90. The molecule has 3 atom stereocenters. The highest BCUT2D eigenvalue weighted by atomic mass is 32.2. The molecule has 2 bridgehead atoms. The van der Waals surface area contributed by atoms with E-state index in [1.807, 2.05) is 20.8 Å². The quantitative estimate of drug-likeness (QED) is 0.686. The zero-order valence-corrected chi connectivity index (χ0v) is 17.0. The summed E-state index contributed by atoms with van der Waals surface area (Å²) in [6, 6.07) is -0.483. The van der Waals surface area contributed by atoms with Crippen LogP contribution in [0.3, 0.4) is 0 Å². The third kappa shape index (κ3) is 2.98. The molecule has 25 heavy (non-hydrogen) atoms. The SMILES string of the molecule is CCCN(C1CCS(=O)(=O)C1)S(=O)(=O)CC12CCC(CC1=O)C2(C)C. The molecule has 1 aliphatic heterocycles. The molecular weight excluding hydrogens is 362 g/mol. The first-order valence-corrected chi connectivity index (χ1v) is 12.6. The normalized spacial score (nSPS) is 36.4. The van der Waals surface area contributed by atoms with Crippen LogP contribution >= 0.6 is 0 Å². The van der Waals surface area contributed by atoms with Gasteiger partial charge in [0.05, 0.1) is 17.3 Å². The number of carbonyl (C=O) groups excluding carboxylic acids is 1. The summed E-state index contributed by atoms with van der Waals surface area (Å²) >= 11 is 0. The highest BCUT2D eigenvalue weighted by molar-refractivity contribution is 7.92. The average molecular weight is 392 g/mol. The Bertz CT molecular complexity index is 771. The summed E-state index contributed by atoms with van der Waals surface area (Å²) < 4.78 is 51.6. The second-order valence-corrected chi connectivity index (χ2v) is 12.7. The maximum absolute atomic E-state index is 13.3. The van der Waals surface area contributed by atoms with Gasteiger partial charge in [-0.05, 0) is 37.0 Å². The Kier molecular flexibility index (Phi) is 4.65. The summed E-state index contributed by atoms with van der Waals surface area (Å²) in [4.78, 5) is 12.7. The highest BCUT2D eigenvalue weighted by Crippen LogP contribution is 2.64. The van der Waals surface area contributed by atoms with E-state index < -0.39 is 31.3 Å². The van der Waals surface area contributed by atoms with Gasteiger partial charge in [0, 0.05) is 24.4 Å². The van der Waals surface area contributed by atoms with E-state index in [4.69, 9.17) is 0 Å². The van der Waals surface area contributed by atoms with E-state index in [2.05, 4.69) is 0 Å². The van der Waals surface area contributed by atoms with E-state index in [-0.39, 0.29) is 34.4 Å². The van der Waals surface area contributed by atoms with Gasteiger partial charge in [0.25, 0.3) is 0 Å². The number of carbonyl (C=O) groups is 1. The third-order valence-electron chi connectivity index (χ3n) is 6.98. The van der Waals surface area contributed by atoms with Crippen molar-refractivity contribution in [3.63, 3.8) is 0 Å². The third-order valence-corrected chi connectivity index (χ3v) is 10.8. The second kappa shape index (κ2) is 6.02. The summed E-state index contributed by atoms with van der Waals surface area (Å²) in [5, 5.41) is 0. The minimum Gasteiger partial charge on any atom is -0.299 e. The standard InChI is InChI=1S/C17H29NO5S2/c1-4-8-18(14-6-9-24(20,21)11-14)25(22,23)12-17-7-5-13(10-15(17)19)16(17,2)3/h13-14H,4-12H2,1-3H3. The van der Waals surface area contributed by atoms with Crippen LogP contribution in [0.4, 0.5) is 0 Å². The van der Waals surface area contributed by atoms with E-state index in [0.717, 1.165) is 6.42 Å². The first-order chi connectivity index (χ1) is 11.5. The molecule has 6 nitrogen and oxygen atoms in total. The molecule has 0 amide bonds. The van der Waals surface area contributed by atoms with Crippen LogP contribution in [-0.4, -0.2) is 56.8 Å². The van der Waals surface area contributed by atoms with Crippen LogP contribution in [0.15, 0.2) is 0 Å². The van der Waals surface area contributed by atoms with Crippen LogP contribution < -0.4 is 0 Å². The minimum absolute atomic E-state index is 0.0467. The second-order valence-electron chi connectivity index (χ2n) is 8.59. The number of ketones is 1. The van der Waals surface area contributed by atoms with Gasteiger partial charge >= 0.3 is 0 Å². The fraction of sp³-hybridized carbons (Fsp3) is 0.941. The molecule has 3 rings (SSSR count).